The highest BCUT2D eigenvalue weighted by atomic mass is 16.1. The predicted molar refractivity (Wildman–Crippen MR) is 53.6 cm³/mol. The summed E-state index contributed by atoms with van der Waals surface area (Å²) in [5.74, 6) is 0.383. The summed E-state index contributed by atoms with van der Waals surface area (Å²) in [6.07, 6.45) is 0.843. The summed E-state index contributed by atoms with van der Waals surface area (Å²) in [6, 6.07) is 8.91. The van der Waals surface area contributed by atoms with Gasteiger partial charge in [-0.15, -0.1) is 0 Å². The van der Waals surface area contributed by atoms with E-state index in [-0.39, 0.29) is 11.7 Å². The first-order valence-corrected chi connectivity index (χ1v) is 4.57. The Labute approximate surface area is 79.8 Å². The largest absolute Gasteiger partial charge is 0.300 e. The minimum atomic E-state index is 0.126. The molecule has 0 spiro atoms. The van der Waals surface area contributed by atoms with E-state index in [0.29, 0.717) is 0 Å². The molecule has 0 aliphatic heterocycles. The average Bonchev–Trinajstić information content (AvgIpc) is 2.08. The van der Waals surface area contributed by atoms with Gasteiger partial charge in [0.2, 0.25) is 0 Å². The monoisotopic (exact) mass is 175 g/mol. The molecule has 0 N–H and O–H groups in total. The molecule has 0 aliphatic rings. The van der Waals surface area contributed by atoms with Crippen LogP contribution in [0.5, 0.6) is 0 Å². The van der Waals surface area contributed by atoms with Crippen LogP contribution < -0.4 is 0 Å². The Morgan fingerprint density at radius 3 is 2.85 bits per heavy atom. The summed E-state index contributed by atoms with van der Waals surface area (Å²) in [7, 11) is 0. The van der Waals surface area contributed by atoms with Crippen molar-refractivity contribution in [3.8, 4) is 0 Å². The number of ketones is 1. The number of benzene rings is 1. The SMILES string of the molecule is CC(=O)C(C)Cc1cc[c]cc1C. The topological polar surface area (TPSA) is 17.1 Å². The van der Waals surface area contributed by atoms with E-state index in [1.807, 2.05) is 25.1 Å². The van der Waals surface area contributed by atoms with Crippen molar-refractivity contribution in [3.05, 3.63) is 35.4 Å². The van der Waals surface area contributed by atoms with Crippen molar-refractivity contribution >= 4 is 5.78 Å². The third-order valence-electron chi connectivity index (χ3n) is 2.41. The lowest BCUT2D eigenvalue weighted by atomic mass is 9.95. The maximum atomic E-state index is 11.1. The van der Waals surface area contributed by atoms with Crippen molar-refractivity contribution in [2.45, 2.75) is 27.2 Å². The third-order valence-corrected chi connectivity index (χ3v) is 2.41. The minimum absolute atomic E-state index is 0.126. The highest BCUT2D eigenvalue weighted by Crippen LogP contribution is 2.13. The van der Waals surface area contributed by atoms with Crippen LogP contribution >= 0.6 is 0 Å². The van der Waals surface area contributed by atoms with E-state index in [4.69, 9.17) is 0 Å². The molecule has 1 atom stereocenters. The molecule has 0 amide bonds. The van der Waals surface area contributed by atoms with Gasteiger partial charge in [-0.3, -0.25) is 4.79 Å². The van der Waals surface area contributed by atoms with E-state index in [1.54, 1.807) is 6.92 Å². The summed E-state index contributed by atoms with van der Waals surface area (Å²) in [4.78, 5) is 11.1. The van der Waals surface area contributed by atoms with Gasteiger partial charge >= 0.3 is 0 Å². The van der Waals surface area contributed by atoms with Crippen LogP contribution in [0.1, 0.15) is 25.0 Å². The van der Waals surface area contributed by atoms with Gasteiger partial charge in [-0.1, -0.05) is 25.1 Å². The number of rotatable bonds is 3. The van der Waals surface area contributed by atoms with Crippen LogP contribution in [0, 0.1) is 18.9 Å². The van der Waals surface area contributed by atoms with Gasteiger partial charge in [-0.2, -0.15) is 0 Å². The van der Waals surface area contributed by atoms with Crippen LogP contribution in [0.4, 0.5) is 0 Å². The zero-order valence-corrected chi connectivity index (χ0v) is 8.42. The molecule has 69 valence electrons. The van der Waals surface area contributed by atoms with Gasteiger partial charge in [0.05, 0.1) is 0 Å². The van der Waals surface area contributed by atoms with Crippen molar-refractivity contribution < 1.29 is 4.79 Å². The number of hydrogen-bond donors (Lipinski definition) is 0. The maximum Gasteiger partial charge on any atom is 0.132 e. The summed E-state index contributed by atoms with van der Waals surface area (Å²) >= 11 is 0. The lowest BCUT2D eigenvalue weighted by Gasteiger charge is -2.09. The lowest BCUT2D eigenvalue weighted by molar-refractivity contribution is -0.120. The van der Waals surface area contributed by atoms with Crippen molar-refractivity contribution in [1.82, 2.24) is 0 Å². The summed E-state index contributed by atoms with van der Waals surface area (Å²) in [5.41, 5.74) is 2.47. The molecule has 0 saturated carbocycles. The molecular formula is C12H15O. The van der Waals surface area contributed by atoms with Crippen LogP contribution in [-0.2, 0) is 11.2 Å². The van der Waals surface area contributed by atoms with E-state index >= 15 is 0 Å². The quantitative estimate of drug-likeness (QED) is 0.690. The zero-order chi connectivity index (χ0) is 9.84. The molecular weight excluding hydrogens is 160 g/mol. The van der Waals surface area contributed by atoms with E-state index in [1.165, 1.54) is 11.1 Å². The Hall–Kier alpha value is -1.11. The van der Waals surface area contributed by atoms with E-state index < -0.39 is 0 Å². The number of Topliss-reactive ketones (excluding diaryl/α,β-unsaturated/α-hetero) is 1. The Morgan fingerprint density at radius 2 is 2.31 bits per heavy atom. The normalized spacial score (nSPS) is 12.5. The number of aryl methyl sites for hydroxylation is 1. The molecule has 1 aromatic carbocycles. The number of carbonyl (C=O) groups is 1. The molecule has 1 heteroatoms. The molecule has 1 radical (unpaired) electrons. The molecule has 1 unspecified atom stereocenters. The van der Waals surface area contributed by atoms with E-state index in [9.17, 15) is 4.79 Å². The number of hydrogen-bond acceptors (Lipinski definition) is 1. The van der Waals surface area contributed by atoms with Gasteiger partial charge < -0.3 is 0 Å². The van der Waals surface area contributed by atoms with Crippen molar-refractivity contribution in [2.24, 2.45) is 5.92 Å². The first-order valence-electron chi connectivity index (χ1n) is 4.57. The first-order chi connectivity index (χ1) is 6.11. The standard InChI is InChI=1S/C12H15O/c1-9-6-4-5-7-12(9)8-10(2)11(3)13/h5-7,10H,8H2,1-3H3. The Bertz CT molecular complexity index is 302. The van der Waals surface area contributed by atoms with Crippen LogP contribution in [0.3, 0.4) is 0 Å². The van der Waals surface area contributed by atoms with Crippen LogP contribution in [0.2, 0.25) is 0 Å². The Morgan fingerprint density at radius 1 is 1.62 bits per heavy atom. The molecule has 0 fully saturated rings. The van der Waals surface area contributed by atoms with Crippen molar-refractivity contribution in [3.63, 3.8) is 0 Å². The molecule has 1 nitrogen and oxygen atoms in total. The van der Waals surface area contributed by atoms with Gasteiger partial charge in [0.15, 0.2) is 0 Å². The van der Waals surface area contributed by atoms with Crippen molar-refractivity contribution in [1.29, 1.82) is 0 Å². The lowest BCUT2D eigenvalue weighted by Crippen LogP contribution is -2.10. The Balaban J connectivity index is 2.74. The van der Waals surface area contributed by atoms with Crippen LogP contribution in [0.15, 0.2) is 18.2 Å². The van der Waals surface area contributed by atoms with E-state index in [0.717, 1.165) is 6.42 Å². The molecule has 13 heavy (non-hydrogen) atoms. The highest BCUT2D eigenvalue weighted by Gasteiger charge is 2.09. The fourth-order valence-corrected chi connectivity index (χ4v) is 1.25. The molecule has 0 aromatic heterocycles. The zero-order valence-electron chi connectivity index (χ0n) is 8.42. The molecule has 0 heterocycles. The van der Waals surface area contributed by atoms with Gasteiger partial charge in [0, 0.05) is 5.92 Å². The summed E-state index contributed by atoms with van der Waals surface area (Å²) in [5, 5.41) is 0. The Kier molecular flexibility index (Phi) is 3.24. The van der Waals surface area contributed by atoms with Crippen LogP contribution in [-0.4, -0.2) is 5.78 Å². The predicted octanol–water partition coefficient (Wildman–Crippen LogP) is 2.56. The fraction of sp³-hybridized carbons (Fsp3) is 0.417. The molecule has 0 bridgehead atoms. The highest BCUT2D eigenvalue weighted by molar-refractivity contribution is 5.78. The van der Waals surface area contributed by atoms with Gasteiger partial charge in [0.25, 0.3) is 0 Å². The second-order valence-corrected chi connectivity index (χ2v) is 3.57. The second kappa shape index (κ2) is 4.22. The van der Waals surface area contributed by atoms with Crippen LogP contribution in [0.25, 0.3) is 0 Å². The summed E-state index contributed by atoms with van der Waals surface area (Å²) in [6.45, 7) is 5.67. The third kappa shape index (κ3) is 2.69. The molecule has 1 rings (SSSR count). The van der Waals surface area contributed by atoms with Gasteiger partial charge in [0.1, 0.15) is 5.78 Å². The number of carbonyl (C=O) groups excluding carboxylic acids is 1. The smallest absolute Gasteiger partial charge is 0.132 e. The van der Waals surface area contributed by atoms with Gasteiger partial charge in [-0.25, -0.2) is 0 Å². The molecule has 1 aromatic rings. The van der Waals surface area contributed by atoms with Gasteiger partial charge in [-0.05, 0) is 37.5 Å². The maximum absolute atomic E-state index is 11.1. The minimum Gasteiger partial charge on any atom is -0.300 e. The first kappa shape index (κ1) is 9.97. The molecule has 0 aliphatic carbocycles. The van der Waals surface area contributed by atoms with E-state index in [2.05, 4.69) is 13.0 Å². The second-order valence-electron chi connectivity index (χ2n) is 3.57. The fourth-order valence-electron chi connectivity index (χ4n) is 1.25. The molecule has 0 saturated heterocycles. The van der Waals surface area contributed by atoms with Crippen molar-refractivity contribution in [2.75, 3.05) is 0 Å². The average molecular weight is 175 g/mol. The summed E-state index contributed by atoms with van der Waals surface area (Å²) < 4.78 is 0.